The van der Waals surface area contributed by atoms with E-state index in [1.165, 1.54) is 0 Å². The van der Waals surface area contributed by atoms with Crippen LogP contribution < -0.4 is 10.5 Å². The van der Waals surface area contributed by atoms with E-state index >= 15 is 0 Å². The lowest BCUT2D eigenvalue weighted by atomic mass is 10.3. The number of hydrogen-bond acceptors (Lipinski definition) is 5. The number of nitrogen functional groups attached to an aromatic ring is 1. The zero-order chi connectivity index (χ0) is 13.0. The van der Waals surface area contributed by atoms with E-state index in [0.717, 1.165) is 17.1 Å². The van der Waals surface area contributed by atoms with Gasteiger partial charge < -0.3 is 10.5 Å². The van der Waals surface area contributed by atoms with E-state index < -0.39 is 0 Å². The van der Waals surface area contributed by atoms with E-state index in [4.69, 9.17) is 10.5 Å². The SMILES string of the molecule is CCc1nc(N)cc(Oc2ccccc2SC)n1. The average Bonchev–Trinajstić information content (AvgIpc) is 2.38. The minimum atomic E-state index is 0.429. The Morgan fingerprint density at radius 1 is 1.28 bits per heavy atom. The van der Waals surface area contributed by atoms with Gasteiger partial charge in [0.2, 0.25) is 5.88 Å². The lowest BCUT2D eigenvalue weighted by Crippen LogP contribution is -2.00. The maximum atomic E-state index is 5.77. The van der Waals surface area contributed by atoms with Gasteiger partial charge in [0.1, 0.15) is 17.4 Å². The van der Waals surface area contributed by atoms with Crippen molar-refractivity contribution in [3.8, 4) is 11.6 Å². The van der Waals surface area contributed by atoms with Crippen LogP contribution in [0.25, 0.3) is 0 Å². The van der Waals surface area contributed by atoms with Gasteiger partial charge in [0.25, 0.3) is 0 Å². The summed E-state index contributed by atoms with van der Waals surface area (Å²) in [4.78, 5) is 9.48. The molecule has 1 aromatic carbocycles. The first-order valence-electron chi connectivity index (χ1n) is 5.67. The lowest BCUT2D eigenvalue weighted by molar-refractivity contribution is 0.449. The van der Waals surface area contributed by atoms with E-state index in [2.05, 4.69) is 9.97 Å². The minimum Gasteiger partial charge on any atom is -0.438 e. The van der Waals surface area contributed by atoms with Crippen molar-refractivity contribution in [1.29, 1.82) is 0 Å². The van der Waals surface area contributed by atoms with Crippen molar-refractivity contribution < 1.29 is 4.74 Å². The molecule has 0 spiro atoms. The molecular weight excluding hydrogens is 246 g/mol. The number of anilines is 1. The molecule has 4 nitrogen and oxygen atoms in total. The second-order valence-electron chi connectivity index (χ2n) is 3.65. The van der Waals surface area contributed by atoms with Crippen molar-refractivity contribution in [3.63, 3.8) is 0 Å². The molecule has 2 rings (SSSR count). The topological polar surface area (TPSA) is 61.0 Å². The number of ether oxygens (including phenoxy) is 1. The standard InChI is InChI=1S/C13H15N3OS/c1-3-12-15-11(14)8-13(16-12)17-9-6-4-5-7-10(9)18-2/h4-8H,3H2,1-2H3,(H2,14,15,16). The monoisotopic (exact) mass is 261 g/mol. The Labute approximate surface area is 111 Å². The van der Waals surface area contributed by atoms with Crippen LogP contribution in [0.3, 0.4) is 0 Å². The van der Waals surface area contributed by atoms with Crippen molar-refractivity contribution in [1.82, 2.24) is 9.97 Å². The summed E-state index contributed by atoms with van der Waals surface area (Å²) in [7, 11) is 0. The number of aryl methyl sites for hydroxylation is 1. The molecule has 0 aliphatic carbocycles. The summed E-state index contributed by atoms with van der Waals surface area (Å²) in [6, 6.07) is 9.46. The van der Waals surface area contributed by atoms with Gasteiger partial charge >= 0.3 is 0 Å². The molecule has 1 aromatic heterocycles. The van der Waals surface area contributed by atoms with Crippen molar-refractivity contribution in [2.75, 3.05) is 12.0 Å². The first-order valence-corrected chi connectivity index (χ1v) is 6.89. The Balaban J connectivity index is 2.30. The molecule has 0 saturated carbocycles. The van der Waals surface area contributed by atoms with E-state index in [1.54, 1.807) is 17.8 Å². The summed E-state index contributed by atoms with van der Waals surface area (Å²) in [6.07, 6.45) is 2.74. The summed E-state index contributed by atoms with van der Waals surface area (Å²) in [5, 5.41) is 0. The summed E-state index contributed by atoms with van der Waals surface area (Å²) in [5.74, 6) is 2.39. The highest BCUT2D eigenvalue weighted by atomic mass is 32.2. The second-order valence-corrected chi connectivity index (χ2v) is 4.50. The molecule has 0 aliphatic rings. The Morgan fingerprint density at radius 2 is 2.06 bits per heavy atom. The van der Waals surface area contributed by atoms with E-state index in [9.17, 15) is 0 Å². The van der Waals surface area contributed by atoms with Crippen molar-refractivity contribution >= 4 is 17.6 Å². The molecule has 0 saturated heterocycles. The fraction of sp³-hybridized carbons (Fsp3) is 0.231. The van der Waals surface area contributed by atoms with Gasteiger partial charge in [-0.3, -0.25) is 0 Å². The molecule has 0 aliphatic heterocycles. The van der Waals surface area contributed by atoms with Crippen molar-refractivity contribution in [2.45, 2.75) is 18.2 Å². The zero-order valence-electron chi connectivity index (χ0n) is 10.4. The molecule has 94 valence electrons. The molecule has 0 unspecified atom stereocenters. The highest BCUT2D eigenvalue weighted by Crippen LogP contribution is 2.30. The van der Waals surface area contributed by atoms with Crippen LogP contribution in [0.2, 0.25) is 0 Å². The second kappa shape index (κ2) is 5.73. The normalized spacial score (nSPS) is 10.3. The van der Waals surface area contributed by atoms with E-state index in [0.29, 0.717) is 17.5 Å². The third kappa shape index (κ3) is 2.92. The number of benzene rings is 1. The molecule has 2 aromatic rings. The molecule has 0 fully saturated rings. The first kappa shape index (κ1) is 12.7. The maximum absolute atomic E-state index is 5.77. The summed E-state index contributed by atoms with van der Waals surface area (Å²) < 4.78 is 5.77. The number of nitrogens with zero attached hydrogens (tertiary/aromatic N) is 2. The molecule has 2 N–H and O–H groups in total. The van der Waals surface area contributed by atoms with Gasteiger partial charge in [0.15, 0.2) is 0 Å². The largest absolute Gasteiger partial charge is 0.438 e. The minimum absolute atomic E-state index is 0.429. The Morgan fingerprint density at radius 3 is 2.78 bits per heavy atom. The molecule has 0 amide bonds. The molecule has 0 atom stereocenters. The van der Waals surface area contributed by atoms with Crippen molar-refractivity contribution in [3.05, 3.63) is 36.2 Å². The molecule has 0 radical (unpaired) electrons. The predicted molar refractivity (Wildman–Crippen MR) is 74.1 cm³/mol. The van der Waals surface area contributed by atoms with Crippen LogP contribution in [0.15, 0.2) is 35.2 Å². The van der Waals surface area contributed by atoms with Crippen LogP contribution in [-0.2, 0) is 6.42 Å². The number of rotatable bonds is 4. The average molecular weight is 261 g/mol. The Hall–Kier alpha value is -1.75. The van der Waals surface area contributed by atoms with Crippen LogP contribution in [0.4, 0.5) is 5.82 Å². The van der Waals surface area contributed by atoms with Gasteiger partial charge in [-0.2, -0.15) is 4.98 Å². The fourth-order valence-electron chi connectivity index (χ4n) is 1.52. The Kier molecular flexibility index (Phi) is 4.04. The molecule has 1 heterocycles. The summed E-state index contributed by atoms with van der Waals surface area (Å²) >= 11 is 1.63. The number of aromatic nitrogens is 2. The highest BCUT2D eigenvalue weighted by Gasteiger charge is 2.06. The smallest absolute Gasteiger partial charge is 0.224 e. The van der Waals surface area contributed by atoms with Gasteiger partial charge in [-0.15, -0.1) is 11.8 Å². The fourth-order valence-corrected chi connectivity index (χ4v) is 2.04. The van der Waals surface area contributed by atoms with Crippen LogP contribution in [0.5, 0.6) is 11.6 Å². The number of thioether (sulfide) groups is 1. The zero-order valence-corrected chi connectivity index (χ0v) is 11.2. The number of nitrogens with two attached hydrogens (primary N) is 1. The van der Waals surface area contributed by atoms with Crippen LogP contribution in [-0.4, -0.2) is 16.2 Å². The number of para-hydroxylation sites is 1. The summed E-state index contributed by atoms with van der Waals surface area (Å²) in [6.45, 7) is 1.98. The van der Waals surface area contributed by atoms with Crippen LogP contribution in [0, 0.1) is 0 Å². The third-order valence-corrected chi connectivity index (χ3v) is 3.15. The molecule has 5 heteroatoms. The van der Waals surface area contributed by atoms with Gasteiger partial charge in [0.05, 0.1) is 0 Å². The Bertz CT molecular complexity index is 546. The summed E-state index contributed by atoms with van der Waals surface area (Å²) in [5.41, 5.74) is 5.72. The van der Waals surface area contributed by atoms with Crippen LogP contribution in [0.1, 0.15) is 12.7 Å². The van der Waals surface area contributed by atoms with Gasteiger partial charge in [-0.25, -0.2) is 4.98 Å². The lowest BCUT2D eigenvalue weighted by Gasteiger charge is -2.09. The van der Waals surface area contributed by atoms with E-state index in [1.807, 2.05) is 37.4 Å². The highest BCUT2D eigenvalue weighted by molar-refractivity contribution is 7.98. The van der Waals surface area contributed by atoms with Gasteiger partial charge in [-0.05, 0) is 18.4 Å². The van der Waals surface area contributed by atoms with Gasteiger partial charge in [-0.1, -0.05) is 19.1 Å². The van der Waals surface area contributed by atoms with E-state index in [-0.39, 0.29) is 0 Å². The molecule has 18 heavy (non-hydrogen) atoms. The predicted octanol–water partition coefficient (Wildman–Crippen LogP) is 3.14. The maximum Gasteiger partial charge on any atom is 0.224 e. The molecular formula is C13H15N3OS. The molecule has 0 bridgehead atoms. The number of hydrogen-bond donors (Lipinski definition) is 1. The quantitative estimate of drug-likeness (QED) is 0.857. The van der Waals surface area contributed by atoms with Crippen LogP contribution >= 0.6 is 11.8 Å². The van der Waals surface area contributed by atoms with Crippen molar-refractivity contribution in [2.24, 2.45) is 0 Å². The first-order chi connectivity index (χ1) is 8.72. The van der Waals surface area contributed by atoms with Gasteiger partial charge in [0, 0.05) is 17.4 Å². The third-order valence-electron chi connectivity index (χ3n) is 2.37.